The third-order valence-electron chi connectivity index (χ3n) is 5.61. The number of nitrogens with zero attached hydrogens (tertiary/aromatic N) is 3. The van der Waals surface area contributed by atoms with Crippen molar-refractivity contribution >= 4 is 11.7 Å². The van der Waals surface area contributed by atoms with Crippen LogP contribution >= 0.6 is 0 Å². The maximum absolute atomic E-state index is 12.9. The molecule has 2 atom stereocenters. The van der Waals surface area contributed by atoms with E-state index >= 15 is 0 Å². The van der Waals surface area contributed by atoms with Crippen molar-refractivity contribution < 1.29 is 4.79 Å². The minimum atomic E-state index is 0.123. The Bertz CT molecular complexity index is 554. The van der Waals surface area contributed by atoms with Gasteiger partial charge in [0, 0.05) is 25.3 Å². The van der Waals surface area contributed by atoms with Gasteiger partial charge in [0.25, 0.3) is 0 Å². The summed E-state index contributed by atoms with van der Waals surface area (Å²) in [6.45, 7) is 4.10. The number of rotatable bonds is 5. The summed E-state index contributed by atoms with van der Waals surface area (Å²) in [4.78, 5) is 22.1. The van der Waals surface area contributed by atoms with E-state index in [1.807, 2.05) is 18.3 Å². The summed E-state index contributed by atoms with van der Waals surface area (Å²) in [5, 5.41) is 3.37. The van der Waals surface area contributed by atoms with Gasteiger partial charge in [-0.2, -0.15) is 0 Å². The smallest absolute Gasteiger partial charge is 0.237 e. The maximum atomic E-state index is 12.9. The van der Waals surface area contributed by atoms with Crippen molar-refractivity contribution in [2.45, 2.75) is 50.6 Å². The van der Waals surface area contributed by atoms with E-state index in [1.54, 1.807) is 0 Å². The van der Waals surface area contributed by atoms with Gasteiger partial charge in [0.05, 0.1) is 6.04 Å². The summed E-state index contributed by atoms with van der Waals surface area (Å²) in [7, 11) is 0. The van der Waals surface area contributed by atoms with E-state index in [2.05, 4.69) is 26.2 Å². The number of amides is 1. The van der Waals surface area contributed by atoms with Crippen LogP contribution in [0.2, 0.25) is 0 Å². The number of hydrogen-bond donors (Lipinski definition) is 1. The number of aromatic nitrogens is 1. The number of piperidine rings is 1. The molecule has 2 saturated heterocycles. The van der Waals surface area contributed by atoms with Crippen LogP contribution < -0.4 is 10.2 Å². The molecule has 3 heterocycles. The van der Waals surface area contributed by atoms with Gasteiger partial charge in [-0.25, -0.2) is 4.98 Å². The average Bonchev–Trinajstić information content (AvgIpc) is 3.30. The van der Waals surface area contributed by atoms with Crippen molar-refractivity contribution in [3.63, 3.8) is 0 Å². The van der Waals surface area contributed by atoms with E-state index in [-0.39, 0.29) is 18.0 Å². The van der Waals surface area contributed by atoms with E-state index in [4.69, 9.17) is 0 Å². The maximum Gasteiger partial charge on any atom is 0.237 e. The fraction of sp³-hybridized carbons (Fsp3) is 0.684. The number of likely N-dealkylation sites (tertiary alicyclic amines) is 1. The zero-order chi connectivity index (χ0) is 16.4. The monoisotopic (exact) mass is 328 g/mol. The van der Waals surface area contributed by atoms with Gasteiger partial charge < -0.3 is 10.2 Å². The van der Waals surface area contributed by atoms with Crippen LogP contribution in [0.4, 0.5) is 5.82 Å². The molecule has 3 aliphatic rings. The average molecular weight is 328 g/mol. The molecule has 130 valence electrons. The molecule has 0 unspecified atom stereocenters. The van der Waals surface area contributed by atoms with E-state index < -0.39 is 0 Å². The molecule has 1 N–H and O–H groups in total. The lowest BCUT2D eigenvalue weighted by Crippen LogP contribution is -2.54. The molecule has 3 fully saturated rings. The third kappa shape index (κ3) is 3.56. The topological polar surface area (TPSA) is 48.5 Å². The first kappa shape index (κ1) is 15.9. The normalized spacial score (nSPS) is 26.3. The van der Waals surface area contributed by atoms with Gasteiger partial charge in [-0.15, -0.1) is 0 Å². The zero-order valence-electron chi connectivity index (χ0n) is 14.4. The molecule has 5 heteroatoms. The van der Waals surface area contributed by atoms with Gasteiger partial charge >= 0.3 is 0 Å². The fourth-order valence-electron chi connectivity index (χ4n) is 4.24. The minimum Gasteiger partial charge on any atom is -0.355 e. The molecule has 1 amide bonds. The highest BCUT2D eigenvalue weighted by Gasteiger charge is 2.41. The highest BCUT2D eigenvalue weighted by Crippen LogP contribution is 2.36. The molecule has 0 spiro atoms. The largest absolute Gasteiger partial charge is 0.355 e. The van der Waals surface area contributed by atoms with Crippen LogP contribution in [-0.4, -0.2) is 54.1 Å². The van der Waals surface area contributed by atoms with Gasteiger partial charge in [-0.05, 0) is 69.7 Å². The van der Waals surface area contributed by atoms with Crippen molar-refractivity contribution in [1.29, 1.82) is 0 Å². The Labute approximate surface area is 144 Å². The van der Waals surface area contributed by atoms with Gasteiger partial charge in [0.15, 0.2) is 0 Å². The molecular weight excluding hydrogens is 300 g/mol. The predicted molar refractivity (Wildman–Crippen MR) is 94.9 cm³/mol. The molecule has 0 radical (unpaired) electrons. The molecule has 0 aromatic carbocycles. The van der Waals surface area contributed by atoms with E-state index in [1.165, 1.54) is 25.7 Å². The van der Waals surface area contributed by atoms with Crippen LogP contribution in [-0.2, 0) is 4.79 Å². The van der Waals surface area contributed by atoms with Crippen LogP contribution in [0.1, 0.15) is 38.5 Å². The number of hydrogen-bond acceptors (Lipinski definition) is 4. The summed E-state index contributed by atoms with van der Waals surface area (Å²) in [6.07, 6.45) is 8.96. The third-order valence-corrected chi connectivity index (χ3v) is 5.61. The SMILES string of the molecule is O=C(N[C@H]1CCCN(c2ccccn2)C1)[C@@H](C1CC1)N1CCCC1. The number of carbonyl (C=O) groups excluding carboxylic acids is 1. The first-order valence-electron chi connectivity index (χ1n) is 9.51. The Morgan fingerprint density at radius 3 is 2.67 bits per heavy atom. The first-order valence-corrected chi connectivity index (χ1v) is 9.51. The van der Waals surface area contributed by atoms with Crippen molar-refractivity contribution in [2.24, 2.45) is 5.92 Å². The Hall–Kier alpha value is -1.62. The number of anilines is 1. The predicted octanol–water partition coefficient (Wildman–Crippen LogP) is 2.04. The Balaban J connectivity index is 1.37. The molecule has 24 heavy (non-hydrogen) atoms. The summed E-state index contributed by atoms with van der Waals surface area (Å²) >= 11 is 0. The van der Waals surface area contributed by atoms with Crippen LogP contribution in [0.5, 0.6) is 0 Å². The zero-order valence-corrected chi connectivity index (χ0v) is 14.4. The summed E-state index contributed by atoms with van der Waals surface area (Å²) in [5.41, 5.74) is 0. The number of pyridine rings is 1. The van der Waals surface area contributed by atoms with Gasteiger partial charge in [-0.3, -0.25) is 9.69 Å². The Morgan fingerprint density at radius 2 is 1.96 bits per heavy atom. The molecule has 4 rings (SSSR count). The van der Waals surface area contributed by atoms with Crippen molar-refractivity contribution in [2.75, 3.05) is 31.1 Å². The second-order valence-electron chi connectivity index (χ2n) is 7.51. The van der Waals surface area contributed by atoms with Crippen LogP contribution in [0.3, 0.4) is 0 Å². The number of carbonyl (C=O) groups is 1. The minimum absolute atomic E-state index is 0.123. The molecule has 1 aromatic rings. The lowest BCUT2D eigenvalue weighted by Gasteiger charge is -2.35. The standard InChI is InChI=1S/C19H28N4O/c24-19(18(15-8-9-15)22-11-3-4-12-22)21-16-6-5-13-23(14-16)17-7-1-2-10-20-17/h1-2,7,10,15-16,18H,3-6,8-9,11-14H2,(H,21,24)/t16-,18+/m0/s1. The quantitative estimate of drug-likeness (QED) is 0.899. The Morgan fingerprint density at radius 1 is 1.12 bits per heavy atom. The fourth-order valence-corrected chi connectivity index (χ4v) is 4.24. The molecule has 1 saturated carbocycles. The van der Waals surface area contributed by atoms with Gasteiger partial charge in [-0.1, -0.05) is 6.07 Å². The molecule has 0 bridgehead atoms. The highest BCUT2D eigenvalue weighted by molar-refractivity contribution is 5.83. The Kier molecular flexibility index (Phi) is 4.69. The van der Waals surface area contributed by atoms with E-state index in [0.29, 0.717) is 5.92 Å². The van der Waals surface area contributed by atoms with Crippen LogP contribution in [0, 0.1) is 5.92 Å². The summed E-state index contributed by atoms with van der Waals surface area (Å²) < 4.78 is 0. The van der Waals surface area contributed by atoms with E-state index in [0.717, 1.165) is 44.8 Å². The lowest BCUT2D eigenvalue weighted by atomic mass is 10.0. The van der Waals surface area contributed by atoms with Crippen molar-refractivity contribution in [1.82, 2.24) is 15.2 Å². The first-order chi connectivity index (χ1) is 11.8. The van der Waals surface area contributed by atoms with Gasteiger partial charge in [0.1, 0.15) is 5.82 Å². The second kappa shape index (κ2) is 7.09. The summed E-state index contributed by atoms with van der Waals surface area (Å²) in [6, 6.07) is 6.40. The molecule has 5 nitrogen and oxygen atoms in total. The molecule has 1 aliphatic carbocycles. The second-order valence-corrected chi connectivity index (χ2v) is 7.51. The van der Waals surface area contributed by atoms with Gasteiger partial charge in [0.2, 0.25) is 5.91 Å². The summed E-state index contributed by atoms with van der Waals surface area (Å²) in [5.74, 6) is 1.89. The molecular formula is C19H28N4O. The molecule has 1 aromatic heterocycles. The van der Waals surface area contributed by atoms with E-state index in [9.17, 15) is 4.79 Å². The number of nitrogens with one attached hydrogen (secondary N) is 1. The van der Waals surface area contributed by atoms with Crippen molar-refractivity contribution in [3.05, 3.63) is 24.4 Å². The van der Waals surface area contributed by atoms with Crippen LogP contribution in [0.25, 0.3) is 0 Å². The highest BCUT2D eigenvalue weighted by atomic mass is 16.2. The molecule has 2 aliphatic heterocycles. The van der Waals surface area contributed by atoms with Crippen LogP contribution in [0.15, 0.2) is 24.4 Å². The van der Waals surface area contributed by atoms with Crippen molar-refractivity contribution in [3.8, 4) is 0 Å². The lowest BCUT2D eigenvalue weighted by molar-refractivity contribution is -0.127.